The van der Waals surface area contributed by atoms with Gasteiger partial charge in [0.05, 0.1) is 0 Å². The number of nitrogens with two attached hydrogens (primary N) is 1. The Kier molecular flexibility index (Phi) is 30.4. The van der Waals surface area contributed by atoms with Crippen molar-refractivity contribution in [2.24, 2.45) is 29.4 Å². The van der Waals surface area contributed by atoms with Gasteiger partial charge in [-0.15, -0.1) is 0 Å². The maximum Gasteiger partial charge on any atom is 0.209 e. The third-order valence-electron chi connectivity index (χ3n) is 6.32. The Balaban J connectivity index is -0.000000384. The second-order valence-corrected chi connectivity index (χ2v) is 8.95. The Morgan fingerprint density at radius 1 is 0.912 bits per heavy atom. The lowest BCUT2D eigenvalue weighted by atomic mass is 9.84. The number of amides is 2. The van der Waals surface area contributed by atoms with Gasteiger partial charge in [0.1, 0.15) is 5.78 Å². The van der Waals surface area contributed by atoms with Gasteiger partial charge in [-0.25, -0.2) is 0 Å². The average molecular weight is 487 g/mol. The first-order valence-electron chi connectivity index (χ1n) is 13.9. The second kappa shape index (κ2) is 27.8. The maximum absolute atomic E-state index is 11.7. The van der Waals surface area contributed by atoms with E-state index in [9.17, 15) is 9.59 Å². The summed E-state index contributed by atoms with van der Waals surface area (Å²) in [5.41, 5.74) is 4.17. The summed E-state index contributed by atoms with van der Waals surface area (Å²) in [6, 6.07) is 0. The van der Waals surface area contributed by atoms with Gasteiger partial charge in [0.2, 0.25) is 12.8 Å². The molecular weight excluding hydrogens is 428 g/mol. The molecule has 2 heterocycles. The van der Waals surface area contributed by atoms with Crippen molar-refractivity contribution in [3.63, 3.8) is 0 Å². The molecule has 6 nitrogen and oxygen atoms in total. The molecule has 0 bridgehead atoms. The second-order valence-electron chi connectivity index (χ2n) is 8.95. The predicted octanol–water partition coefficient (Wildman–Crippen LogP) is 6.25. The summed E-state index contributed by atoms with van der Waals surface area (Å²) in [4.78, 5) is 32.0. The predicted molar refractivity (Wildman–Crippen MR) is 145 cm³/mol. The normalized spacial score (nSPS) is 22.1. The van der Waals surface area contributed by atoms with Crippen LogP contribution in [0.2, 0.25) is 0 Å². The van der Waals surface area contributed by atoms with E-state index in [4.69, 9.17) is 9.53 Å². The molecular formula is C28H58N2O4. The zero-order chi connectivity index (χ0) is 26.8. The summed E-state index contributed by atoms with van der Waals surface area (Å²) >= 11 is 0. The van der Waals surface area contributed by atoms with Gasteiger partial charge in [-0.2, -0.15) is 0 Å². The lowest BCUT2D eigenvalue weighted by Crippen LogP contribution is -2.27. The van der Waals surface area contributed by atoms with Crippen molar-refractivity contribution in [3.05, 3.63) is 0 Å². The van der Waals surface area contributed by atoms with Gasteiger partial charge in [0, 0.05) is 38.1 Å². The minimum atomic E-state index is 0.244. The summed E-state index contributed by atoms with van der Waals surface area (Å²) < 4.78 is 5.21. The zero-order valence-corrected chi connectivity index (χ0v) is 23.8. The highest BCUT2D eigenvalue weighted by atomic mass is 16.5. The van der Waals surface area contributed by atoms with E-state index in [0.717, 1.165) is 63.8 Å². The standard InChI is InChI=1S/C10H18O2.C8H16.C5H9NO.2C2H6.CH3NO/c1-3-8(2)10(11)9-4-6-12-7-5-9;1-7-3-5-8(2)6-4-7;7-5-6-3-1-2-4-6;2*1-2;2-1-3/h8-9H,3-7H2,1-2H3;7-8H,3-6H2,1-2H3;5H,1-4H2;2*1-2H3;1H,(H2,2,3). The molecule has 1 saturated carbocycles. The first-order chi connectivity index (χ1) is 16.4. The lowest BCUT2D eigenvalue weighted by molar-refractivity contribution is -0.129. The van der Waals surface area contributed by atoms with Crippen LogP contribution in [-0.4, -0.2) is 49.8 Å². The highest BCUT2D eigenvalue weighted by Crippen LogP contribution is 2.27. The van der Waals surface area contributed by atoms with Crippen LogP contribution in [0.15, 0.2) is 0 Å². The number of carbonyl (C=O) groups is 3. The molecule has 2 amide bonds. The molecule has 0 aromatic carbocycles. The van der Waals surface area contributed by atoms with Crippen LogP contribution in [0, 0.1) is 23.7 Å². The smallest absolute Gasteiger partial charge is 0.209 e. The molecule has 2 aliphatic heterocycles. The Morgan fingerprint density at radius 3 is 1.59 bits per heavy atom. The maximum atomic E-state index is 11.7. The van der Waals surface area contributed by atoms with E-state index in [1.54, 1.807) is 4.90 Å². The van der Waals surface area contributed by atoms with E-state index in [-0.39, 0.29) is 18.2 Å². The molecule has 0 radical (unpaired) electrons. The van der Waals surface area contributed by atoms with Crippen molar-refractivity contribution in [2.45, 2.75) is 113 Å². The van der Waals surface area contributed by atoms with Gasteiger partial charge in [-0.1, -0.05) is 81.1 Å². The van der Waals surface area contributed by atoms with Crippen LogP contribution in [0.3, 0.4) is 0 Å². The number of carbonyl (C=O) groups excluding carboxylic acids is 3. The van der Waals surface area contributed by atoms with E-state index >= 15 is 0 Å². The Bertz CT molecular complexity index is 430. The number of ether oxygens (including phenoxy) is 1. The molecule has 1 aliphatic carbocycles. The van der Waals surface area contributed by atoms with Crippen LogP contribution in [0.4, 0.5) is 0 Å². The number of nitrogens with zero attached hydrogens (tertiary/aromatic N) is 1. The molecule has 2 N–H and O–H groups in total. The molecule has 3 fully saturated rings. The fraction of sp³-hybridized carbons (Fsp3) is 0.893. The van der Waals surface area contributed by atoms with Gasteiger partial charge < -0.3 is 15.4 Å². The molecule has 3 rings (SSSR count). The van der Waals surface area contributed by atoms with Crippen LogP contribution in [-0.2, 0) is 19.1 Å². The van der Waals surface area contributed by atoms with Crippen LogP contribution in [0.25, 0.3) is 0 Å². The van der Waals surface area contributed by atoms with Gasteiger partial charge in [0.15, 0.2) is 0 Å². The van der Waals surface area contributed by atoms with Gasteiger partial charge >= 0.3 is 0 Å². The first-order valence-corrected chi connectivity index (χ1v) is 13.9. The molecule has 6 heteroatoms. The van der Waals surface area contributed by atoms with E-state index in [0.29, 0.717) is 5.78 Å². The molecule has 204 valence electrons. The van der Waals surface area contributed by atoms with E-state index in [2.05, 4.69) is 26.5 Å². The quantitative estimate of drug-likeness (QED) is 0.475. The Hall–Kier alpha value is -1.43. The highest BCUT2D eigenvalue weighted by Gasteiger charge is 2.24. The summed E-state index contributed by atoms with van der Waals surface area (Å²) in [7, 11) is 0. The summed E-state index contributed by atoms with van der Waals surface area (Å²) in [6.07, 6.45) is 12.3. The zero-order valence-electron chi connectivity index (χ0n) is 23.8. The van der Waals surface area contributed by atoms with E-state index in [1.165, 1.54) is 38.5 Å². The molecule has 0 spiro atoms. The topological polar surface area (TPSA) is 89.7 Å². The third-order valence-corrected chi connectivity index (χ3v) is 6.32. The largest absolute Gasteiger partial charge is 0.381 e. The molecule has 1 atom stereocenters. The number of rotatable bonds is 4. The van der Waals surface area contributed by atoms with E-state index in [1.807, 2.05) is 34.6 Å². The minimum absolute atomic E-state index is 0.244. The SMILES string of the molecule is CC.CC.CC1CCC(C)CC1.CCC(C)C(=O)C1CCOCC1.NC=O.O=CN1CCCC1. The number of ketones is 1. The van der Waals surface area contributed by atoms with Crippen molar-refractivity contribution in [3.8, 4) is 0 Å². The summed E-state index contributed by atoms with van der Waals surface area (Å²) in [5.74, 6) is 3.01. The van der Waals surface area contributed by atoms with Crippen molar-refractivity contribution in [1.82, 2.24) is 4.90 Å². The highest BCUT2D eigenvalue weighted by molar-refractivity contribution is 5.83. The van der Waals surface area contributed by atoms with Crippen LogP contribution >= 0.6 is 0 Å². The number of primary amides is 1. The molecule has 34 heavy (non-hydrogen) atoms. The summed E-state index contributed by atoms with van der Waals surface area (Å²) in [5, 5.41) is 0. The fourth-order valence-electron chi connectivity index (χ4n) is 3.86. The van der Waals surface area contributed by atoms with Gasteiger partial charge in [-0.05, 0) is 43.9 Å². The number of Topliss-reactive ketones (excluding diaryl/α,β-unsaturated/α-hetero) is 1. The lowest BCUT2D eigenvalue weighted by Gasteiger charge is -2.23. The van der Waals surface area contributed by atoms with Gasteiger partial charge in [0.25, 0.3) is 0 Å². The van der Waals surface area contributed by atoms with Crippen molar-refractivity contribution in [2.75, 3.05) is 26.3 Å². The van der Waals surface area contributed by atoms with Crippen LogP contribution < -0.4 is 5.73 Å². The minimum Gasteiger partial charge on any atom is -0.381 e. The molecule has 1 unspecified atom stereocenters. The van der Waals surface area contributed by atoms with Crippen molar-refractivity contribution < 1.29 is 19.1 Å². The average Bonchev–Trinajstić information content (AvgIpc) is 3.43. The van der Waals surface area contributed by atoms with Crippen LogP contribution in [0.1, 0.15) is 113 Å². The number of likely N-dealkylation sites (tertiary alicyclic amines) is 1. The monoisotopic (exact) mass is 486 g/mol. The number of hydrogen-bond acceptors (Lipinski definition) is 4. The third kappa shape index (κ3) is 21.1. The Labute approximate surface area is 211 Å². The van der Waals surface area contributed by atoms with Gasteiger partial charge in [-0.3, -0.25) is 14.4 Å². The van der Waals surface area contributed by atoms with Crippen molar-refractivity contribution in [1.29, 1.82) is 0 Å². The number of hydrogen-bond donors (Lipinski definition) is 1. The van der Waals surface area contributed by atoms with Crippen LogP contribution in [0.5, 0.6) is 0 Å². The summed E-state index contributed by atoms with van der Waals surface area (Å²) in [6.45, 7) is 20.3. The Morgan fingerprint density at radius 2 is 1.29 bits per heavy atom. The van der Waals surface area contributed by atoms with Crippen molar-refractivity contribution >= 4 is 18.6 Å². The molecule has 0 aromatic rings. The molecule has 2 saturated heterocycles. The molecule has 0 aromatic heterocycles. The fourth-order valence-corrected chi connectivity index (χ4v) is 3.86. The molecule has 3 aliphatic rings. The first kappa shape index (κ1) is 37.1. The van der Waals surface area contributed by atoms with E-state index < -0.39 is 0 Å².